The lowest BCUT2D eigenvalue weighted by atomic mass is 10.4. The molecule has 0 saturated carbocycles. The molecular weight excluding hydrogens is 257 g/mol. The number of nitrogens with one attached hydrogen (secondary N) is 1. The molecule has 0 aliphatic carbocycles. The van der Waals surface area contributed by atoms with Crippen molar-refractivity contribution in [1.82, 2.24) is 20.0 Å². The van der Waals surface area contributed by atoms with Crippen LogP contribution in [0.2, 0.25) is 0 Å². The van der Waals surface area contributed by atoms with Crippen molar-refractivity contribution < 1.29 is 13.2 Å². The summed E-state index contributed by atoms with van der Waals surface area (Å²) in [5.74, 6) is 5.10. The van der Waals surface area contributed by atoms with Crippen molar-refractivity contribution in [2.24, 2.45) is 5.84 Å². The molecule has 0 atom stereocenters. The molecule has 0 aromatic carbocycles. The summed E-state index contributed by atoms with van der Waals surface area (Å²) in [5, 5.41) is 11.7. The maximum absolute atomic E-state index is 12.3. The maximum atomic E-state index is 12.3. The zero-order chi connectivity index (χ0) is 12.5. The summed E-state index contributed by atoms with van der Waals surface area (Å²) in [6.07, 6.45) is -3.20. The van der Waals surface area contributed by atoms with Gasteiger partial charge in [0.1, 0.15) is 5.01 Å². The van der Waals surface area contributed by atoms with Gasteiger partial charge < -0.3 is 0 Å². The molecule has 2 aromatic rings. The molecule has 17 heavy (non-hydrogen) atoms. The Bertz CT molecular complexity index is 504. The molecular formula is C7H7F3N6S. The third-order valence-corrected chi connectivity index (χ3v) is 2.66. The number of rotatable bonds is 3. The molecule has 0 aliphatic heterocycles. The van der Waals surface area contributed by atoms with Crippen LogP contribution in [0.5, 0.6) is 0 Å². The highest BCUT2D eigenvalue weighted by Crippen LogP contribution is 2.27. The molecule has 0 saturated heterocycles. The van der Waals surface area contributed by atoms with Crippen LogP contribution in [-0.4, -0.2) is 20.0 Å². The van der Waals surface area contributed by atoms with Crippen molar-refractivity contribution in [3.63, 3.8) is 0 Å². The van der Waals surface area contributed by atoms with Crippen LogP contribution >= 0.6 is 11.3 Å². The molecule has 0 unspecified atom stereocenters. The van der Waals surface area contributed by atoms with Crippen molar-refractivity contribution in [3.8, 4) is 0 Å². The second-order valence-electron chi connectivity index (χ2n) is 3.04. The van der Waals surface area contributed by atoms with Gasteiger partial charge in [-0.25, -0.2) is 5.84 Å². The smallest absolute Gasteiger partial charge is 0.298 e. The Kier molecular flexibility index (Phi) is 2.98. The number of halogens is 3. The van der Waals surface area contributed by atoms with Crippen molar-refractivity contribution in [3.05, 3.63) is 23.0 Å². The third kappa shape index (κ3) is 2.71. The minimum Gasteiger partial charge on any atom is -0.298 e. The largest absolute Gasteiger partial charge is 0.435 e. The van der Waals surface area contributed by atoms with E-state index in [9.17, 15) is 13.2 Å². The van der Waals surface area contributed by atoms with E-state index in [4.69, 9.17) is 5.84 Å². The van der Waals surface area contributed by atoms with E-state index >= 15 is 0 Å². The lowest BCUT2D eigenvalue weighted by Crippen LogP contribution is -2.08. The van der Waals surface area contributed by atoms with Gasteiger partial charge in [-0.1, -0.05) is 11.3 Å². The van der Waals surface area contributed by atoms with Gasteiger partial charge in [0.25, 0.3) is 0 Å². The first-order valence-corrected chi connectivity index (χ1v) is 5.20. The minimum absolute atomic E-state index is 0.120. The molecule has 0 radical (unpaired) electrons. The Balaban J connectivity index is 2.11. The monoisotopic (exact) mass is 264 g/mol. The van der Waals surface area contributed by atoms with Crippen LogP contribution in [0.3, 0.4) is 0 Å². The normalized spacial score (nSPS) is 11.8. The van der Waals surface area contributed by atoms with E-state index in [2.05, 4.69) is 20.7 Å². The lowest BCUT2D eigenvalue weighted by molar-refractivity contribution is -0.141. The number of hydrazine groups is 1. The summed E-state index contributed by atoms with van der Waals surface area (Å²) in [4.78, 5) is 0. The molecule has 6 nitrogen and oxygen atoms in total. The highest BCUT2D eigenvalue weighted by molar-refractivity contribution is 7.15. The van der Waals surface area contributed by atoms with E-state index in [1.54, 1.807) is 0 Å². The number of aromatic nitrogens is 4. The zero-order valence-corrected chi connectivity index (χ0v) is 9.09. The van der Waals surface area contributed by atoms with Crippen LogP contribution in [0, 0.1) is 0 Å². The second kappa shape index (κ2) is 4.30. The third-order valence-electron chi connectivity index (χ3n) is 1.82. The van der Waals surface area contributed by atoms with Gasteiger partial charge in [-0.15, -0.1) is 10.2 Å². The van der Waals surface area contributed by atoms with Crippen molar-refractivity contribution in [2.75, 3.05) is 5.43 Å². The molecule has 0 fully saturated rings. The van der Waals surface area contributed by atoms with Crippen LogP contribution < -0.4 is 11.3 Å². The van der Waals surface area contributed by atoms with Crippen LogP contribution in [-0.2, 0) is 12.7 Å². The number of nitrogen functional groups attached to an aromatic ring is 1. The fourth-order valence-electron chi connectivity index (χ4n) is 1.12. The number of hydrogen-bond donors (Lipinski definition) is 2. The van der Waals surface area contributed by atoms with E-state index in [1.165, 1.54) is 6.20 Å². The van der Waals surface area contributed by atoms with Crippen LogP contribution in [0.25, 0.3) is 0 Å². The van der Waals surface area contributed by atoms with Crippen molar-refractivity contribution in [1.29, 1.82) is 0 Å². The molecule has 10 heteroatoms. The summed E-state index contributed by atoms with van der Waals surface area (Å²) < 4.78 is 38.0. The average molecular weight is 264 g/mol. The van der Waals surface area contributed by atoms with Gasteiger partial charge in [0, 0.05) is 6.20 Å². The Hall–Kier alpha value is -1.68. The van der Waals surface area contributed by atoms with Gasteiger partial charge in [-0.05, 0) is 6.07 Å². The summed E-state index contributed by atoms with van der Waals surface area (Å²) in [7, 11) is 0. The number of alkyl halides is 3. The topological polar surface area (TPSA) is 81.6 Å². The van der Waals surface area contributed by atoms with Gasteiger partial charge in [-0.2, -0.15) is 18.3 Å². The molecule has 2 heterocycles. The van der Waals surface area contributed by atoms with Gasteiger partial charge in [0.05, 0.1) is 6.54 Å². The molecule has 3 N–H and O–H groups in total. The maximum Gasteiger partial charge on any atom is 0.435 e. The molecule has 92 valence electrons. The van der Waals surface area contributed by atoms with E-state index < -0.39 is 11.9 Å². The molecule has 0 spiro atoms. The Morgan fingerprint density at radius 3 is 2.71 bits per heavy atom. The highest BCUT2D eigenvalue weighted by Gasteiger charge is 2.33. The predicted octanol–water partition coefficient (Wildman–Crippen LogP) is 1.09. The summed E-state index contributed by atoms with van der Waals surface area (Å²) in [5.41, 5.74) is 1.37. The second-order valence-corrected chi connectivity index (χ2v) is 4.10. The molecule has 2 aromatic heterocycles. The number of nitrogens with zero attached hydrogens (tertiary/aromatic N) is 4. The van der Waals surface area contributed by atoms with Gasteiger partial charge in [-0.3, -0.25) is 10.1 Å². The molecule has 0 aliphatic rings. The Labute approximate surface area is 97.2 Å². The predicted molar refractivity (Wildman–Crippen MR) is 54.1 cm³/mol. The van der Waals surface area contributed by atoms with Crippen LogP contribution in [0.15, 0.2) is 12.3 Å². The zero-order valence-electron chi connectivity index (χ0n) is 8.27. The fourth-order valence-corrected chi connectivity index (χ4v) is 1.76. The van der Waals surface area contributed by atoms with E-state index in [0.29, 0.717) is 10.1 Å². The Morgan fingerprint density at radius 1 is 1.41 bits per heavy atom. The first-order chi connectivity index (χ1) is 7.99. The SMILES string of the molecule is NNc1nnc(Cn2ccc(C(F)(F)F)n2)s1. The summed E-state index contributed by atoms with van der Waals surface area (Å²) >= 11 is 1.14. The lowest BCUT2D eigenvalue weighted by Gasteiger charge is -2.00. The van der Waals surface area contributed by atoms with Gasteiger partial charge in [0.2, 0.25) is 5.13 Å². The van der Waals surface area contributed by atoms with Crippen LogP contribution in [0.1, 0.15) is 10.7 Å². The van der Waals surface area contributed by atoms with Crippen LogP contribution in [0.4, 0.5) is 18.3 Å². The molecule has 0 bridgehead atoms. The van der Waals surface area contributed by atoms with Gasteiger partial charge >= 0.3 is 6.18 Å². The summed E-state index contributed by atoms with van der Waals surface area (Å²) in [6.45, 7) is 0.120. The first-order valence-electron chi connectivity index (χ1n) is 4.38. The standard InChI is InChI=1S/C7H7F3N6S/c8-7(9,10)4-1-2-16(15-4)3-5-13-14-6(12-11)17-5/h1-2H,3,11H2,(H,12,14). The Morgan fingerprint density at radius 2 is 2.18 bits per heavy atom. The van der Waals surface area contributed by atoms with E-state index in [1.807, 2.05) is 0 Å². The van der Waals surface area contributed by atoms with Crippen molar-refractivity contribution in [2.45, 2.75) is 12.7 Å². The molecule has 2 rings (SSSR count). The number of nitrogens with two attached hydrogens (primary N) is 1. The summed E-state index contributed by atoms with van der Waals surface area (Å²) in [6, 6.07) is 0.906. The quantitative estimate of drug-likeness (QED) is 0.640. The van der Waals surface area contributed by atoms with E-state index in [-0.39, 0.29) is 6.54 Å². The number of hydrogen-bond acceptors (Lipinski definition) is 6. The highest BCUT2D eigenvalue weighted by atomic mass is 32.1. The van der Waals surface area contributed by atoms with Crippen molar-refractivity contribution >= 4 is 16.5 Å². The fraction of sp³-hybridized carbons (Fsp3) is 0.286. The average Bonchev–Trinajstić information content (AvgIpc) is 2.86. The van der Waals surface area contributed by atoms with Gasteiger partial charge in [0.15, 0.2) is 5.69 Å². The molecule has 0 amide bonds. The van der Waals surface area contributed by atoms with E-state index in [0.717, 1.165) is 22.1 Å². The first kappa shape index (κ1) is 11.8. The number of anilines is 1. The minimum atomic E-state index is -4.43.